The van der Waals surface area contributed by atoms with Crippen LogP contribution in [-0.4, -0.2) is 36.5 Å². The fourth-order valence-electron chi connectivity index (χ4n) is 1.94. The highest BCUT2D eigenvalue weighted by Gasteiger charge is 2.08. The first-order chi connectivity index (χ1) is 9.69. The Bertz CT molecular complexity index is 551. The zero-order valence-electron chi connectivity index (χ0n) is 12.5. The van der Waals surface area contributed by atoms with Crippen molar-refractivity contribution in [1.29, 1.82) is 0 Å². The molecule has 4 nitrogen and oxygen atoms in total. The van der Waals surface area contributed by atoms with E-state index >= 15 is 0 Å². The van der Waals surface area contributed by atoms with Gasteiger partial charge in [0, 0.05) is 30.9 Å². The molecule has 0 atom stereocenters. The molecule has 0 unspecified atom stereocenters. The van der Waals surface area contributed by atoms with Crippen LogP contribution in [0.25, 0.3) is 0 Å². The zero-order chi connectivity index (χ0) is 14.4. The van der Waals surface area contributed by atoms with Gasteiger partial charge in [0.25, 0.3) is 0 Å². The van der Waals surface area contributed by atoms with Gasteiger partial charge in [-0.1, -0.05) is 6.07 Å². The molecule has 0 fully saturated rings. The summed E-state index contributed by atoms with van der Waals surface area (Å²) in [5.41, 5.74) is 1.09. The predicted octanol–water partition coefficient (Wildman–Crippen LogP) is 3.38. The maximum absolute atomic E-state index is 4.48. The van der Waals surface area contributed by atoms with E-state index in [9.17, 15) is 0 Å². The number of aromatic nitrogens is 1. The molecule has 21 heavy (non-hydrogen) atoms. The predicted molar refractivity (Wildman–Crippen MR) is 103 cm³/mol. The highest BCUT2D eigenvalue weighted by atomic mass is 127. The maximum atomic E-state index is 4.48. The van der Waals surface area contributed by atoms with Crippen molar-refractivity contribution < 1.29 is 0 Å². The molecule has 0 amide bonds. The fraction of sp³-hybridized carbons (Fsp3) is 0.429. The van der Waals surface area contributed by atoms with Gasteiger partial charge in [0.15, 0.2) is 5.96 Å². The molecule has 2 aromatic rings. The van der Waals surface area contributed by atoms with Gasteiger partial charge in [0.05, 0.1) is 17.2 Å². The van der Waals surface area contributed by atoms with Gasteiger partial charge in [0.2, 0.25) is 0 Å². The average molecular weight is 436 g/mol. The summed E-state index contributed by atoms with van der Waals surface area (Å²) >= 11 is 3.48. The van der Waals surface area contributed by atoms with Gasteiger partial charge in [-0.3, -0.25) is 4.99 Å². The molecule has 2 rings (SSSR count). The fourth-order valence-corrected chi connectivity index (χ4v) is 3.25. The average Bonchev–Trinajstić information content (AvgIpc) is 3.06. The minimum absolute atomic E-state index is 0. The molecular weight excluding hydrogens is 415 g/mol. The van der Waals surface area contributed by atoms with Gasteiger partial charge in [-0.2, -0.15) is 0 Å². The standard InChI is InChI=1S/C14H20N4S2.HI/c1-11-17-12(10-20-11)9-18(3)14(15-2)16-7-6-13-5-4-8-19-13;/h4-5,8,10H,6-7,9H2,1-3H3,(H,15,16);1H. The highest BCUT2D eigenvalue weighted by Crippen LogP contribution is 2.10. The van der Waals surface area contributed by atoms with Crippen LogP contribution in [0.3, 0.4) is 0 Å². The summed E-state index contributed by atoms with van der Waals surface area (Å²) in [5, 5.41) is 8.71. The second-order valence-corrected chi connectivity index (χ2v) is 6.61. The van der Waals surface area contributed by atoms with Crippen LogP contribution in [0.5, 0.6) is 0 Å². The maximum Gasteiger partial charge on any atom is 0.193 e. The van der Waals surface area contributed by atoms with Crippen LogP contribution < -0.4 is 5.32 Å². The zero-order valence-corrected chi connectivity index (χ0v) is 16.5. The smallest absolute Gasteiger partial charge is 0.193 e. The Hall–Kier alpha value is -0.670. The molecule has 0 spiro atoms. The third-order valence-corrected chi connectivity index (χ3v) is 4.63. The third kappa shape index (κ3) is 5.91. The molecule has 0 radical (unpaired) electrons. The molecule has 2 aromatic heterocycles. The number of nitrogens with one attached hydrogen (secondary N) is 1. The van der Waals surface area contributed by atoms with E-state index in [2.05, 4.69) is 43.1 Å². The monoisotopic (exact) mass is 436 g/mol. The van der Waals surface area contributed by atoms with Crippen LogP contribution in [0.1, 0.15) is 15.6 Å². The summed E-state index contributed by atoms with van der Waals surface area (Å²) in [6.45, 7) is 3.71. The summed E-state index contributed by atoms with van der Waals surface area (Å²) in [6.07, 6.45) is 1.03. The molecular formula is C14H21IN4S2. The van der Waals surface area contributed by atoms with Crippen LogP contribution in [0, 0.1) is 6.92 Å². The molecule has 0 saturated carbocycles. The molecule has 0 aliphatic rings. The molecule has 0 aromatic carbocycles. The number of aliphatic imine (C=N–C) groups is 1. The van der Waals surface area contributed by atoms with Crippen LogP contribution >= 0.6 is 46.7 Å². The number of aryl methyl sites for hydroxylation is 1. The van der Waals surface area contributed by atoms with Crippen molar-refractivity contribution in [3.05, 3.63) is 38.5 Å². The molecule has 0 aliphatic carbocycles. The number of halogens is 1. The van der Waals surface area contributed by atoms with Gasteiger partial charge >= 0.3 is 0 Å². The van der Waals surface area contributed by atoms with Crippen molar-refractivity contribution in [2.24, 2.45) is 4.99 Å². The van der Waals surface area contributed by atoms with Gasteiger partial charge < -0.3 is 10.2 Å². The van der Waals surface area contributed by atoms with E-state index in [-0.39, 0.29) is 24.0 Å². The highest BCUT2D eigenvalue weighted by molar-refractivity contribution is 14.0. The van der Waals surface area contributed by atoms with Crippen molar-refractivity contribution in [3.63, 3.8) is 0 Å². The molecule has 1 N–H and O–H groups in total. The Kier molecular flexibility index (Phi) is 8.20. The Morgan fingerprint density at radius 3 is 2.81 bits per heavy atom. The van der Waals surface area contributed by atoms with Crippen molar-refractivity contribution in [2.45, 2.75) is 19.9 Å². The Morgan fingerprint density at radius 1 is 1.43 bits per heavy atom. The minimum Gasteiger partial charge on any atom is -0.356 e. The van der Waals surface area contributed by atoms with Gasteiger partial charge in [-0.05, 0) is 24.8 Å². The Balaban J connectivity index is 0.00000220. The summed E-state index contributed by atoms with van der Waals surface area (Å²) in [4.78, 5) is 12.3. The number of guanidine groups is 1. The van der Waals surface area contributed by atoms with E-state index in [1.165, 1.54) is 4.88 Å². The van der Waals surface area contributed by atoms with Crippen LogP contribution in [0.4, 0.5) is 0 Å². The first-order valence-electron chi connectivity index (χ1n) is 6.54. The largest absolute Gasteiger partial charge is 0.356 e. The lowest BCUT2D eigenvalue weighted by atomic mass is 10.3. The first-order valence-corrected chi connectivity index (χ1v) is 8.30. The van der Waals surface area contributed by atoms with E-state index < -0.39 is 0 Å². The van der Waals surface area contributed by atoms with Crippen LogP contribution in [0.2, 0.25) is 0 Å². The topological polar surface area (TPSA) is 40.5 Å². The van der Waals surface area contributed by atoms with Gasteiger partial charge in [-0.15, -0.1) is 46.7 Å². The number of rotatable bonds is 5. The molecule has 0 aliphatic heterocycles. The lowest BCUT2D eigenvalue weighted by Gasteiger charge is -2.21. The molecule has 7 heteroatoms. The van der Waals surface area contributed by atoms with Gasteiger partial charge in [0.1, 0.15) is 0 Å². The Labute approximate surface area is 151 Å². The van der Waals surface area contributed by atoms with Crippen molar-refractivity contribution >= 4 is 52.6 Å². The van der Waals surface area contributed by atoms with Crippen molar-refractivity contribution in [1.82, 2.24) is 15.2 Å². The molecule has 0 bridgehead atoms. The Morgan fingerprint density at radius 2 is 2.24 bits per heavy atom. The normalized spacial score (nSPS) is 11.1. The van der Waals surface area contributed by atoms with E-state index in [1.807, 2.05) is 21.0 Å². The molecule has 0 saturated heterocycles. The minimum atomic E-state index is 0. The second kappa shape index (κ2) is 9.37. The van der Waals surface area contributed by atoms with E-state index in [0.717, 1.165) is 36.2 Å². The summed E-state index contributed by atoms with van der Waals surface area (Å²) < 4.78 is 0. The van der Waals surface area contributed by atoms with Crippen molar-refractivity contribution in [3.8, 4) is 0 Å². The molecule has 116 valence electrons. The van der Waals surface area contributed by atoms with E-state index in [1.54, 1.807) is 22.7 Å². The number of hydrogen-bond acceptors (Lipinski definition) is 4. The number of nitrogens with zero attached hydrogens (tertiary/aromatic N) is 3. The summed E-state index contributed by atoms with van der Waals surface area (Å²) in [6, 6.07) is 4.25. The van der Waals surface area contributed by atoms with Crippen LogP contribution in [-0.2, 0) is 13.0 Å². The first kappa shape index (κ1) is 18.4. The second-order valence-electron chi connectivity index (χ2n) is 4.52. The number of hydrogen-bond donors (Lipinski definition) is 1. The SMILES string of the molecule is CN=C(NCCc1cccs1)N(C)Cc1csc(C)n1.I. The summed E-state index contributed by atoms with van der Waals surface area (Å²) in [7, 11) is 3.85. The van der Waals surface area contributed by atoms with Crippen LogP contribution in [0.15, 0.2) is 27.9 Å². The number of thiophene rings is 1. The number of thiazole rings is 1. The third-order valence-electron chi connectivity index (χ3n) is 2.87. The lowest BCUT2D eigenvalue weighted by Crippen LogP contribution is -2.39. The lowest BCUT2D eigenvalue weighted by molar-refractivity contribution is 0.471. The van der Waals surface area contributed by atoms with Crippen molar-refractivity contribution in [2.75, 3.05) is 20.6 Å². The summed E-state index contributed by atoms with van der Waals surface area (Å²) in [5.74, 6) is 0.909. The van der Waals surface area contributed by atoms with E-state index in [4.69, 9.17) is 0 Å². The van der Waals surface area contributed by atoms with E-state index in [0.29, 0.717) is 0 Å². The molecule has 2 heterocycles. The quantitative estimate of drug-likeness (QED) is 0.444. The van der Waals surface area contributed by atoms with Gasteiger partial charge in [-0.25, -0.2) is 4.98 Å².